The molecule has 1 aromatic rings. The van der Waals surface area contributed by atoms with Crippen LogP contribution in [-0.2, 0) is 16.1 Å². The maximum absolute atomic E-state index is 12.4. The molecule has 1 aromatic carbocycles. The zero-order valence-corrected chi connectivity index (χ0v) is 13.4. The minimum Gasteiger partial charge on any atom is -0.383 e. The summed E-state index contributed by atoms with van der Waals surface area (Å²) in [5.41, 5.74) is 1.07. The molecule has 2 heterocycles. The van der Waals surface area contributed by atoms with E-state index in [1.54, 1.807) is 7.11 Å². The lowest BCUT2D eigenvalue weighted by Gasteiger charge is -2.25. The van der Waals surface area contributed by atoms with Crippen molar-refractivity contribution >= 4 is 11.9 Å². The number of nitrogens with zero attached hydrogens (tertiary/aromatic N) is 2. The van der Waals surface area contributed by atoms with Gasteiger partial charge in [-0.05, 0) is 12.0 Å². The number of benzene rings is 1. The van der Waals surface area contributed by atoms with E-state index in [0.29, 0.717) is 32.7 Å². The van der Waals surface area contributed by atoms with Crippen LogP contribution in [0, 0.1) is 0 Å². The second-order valence-corrected chi connectivity index (χ2v) is 6.05. The molecule has 2 unspecified atom stereocenters. The van der Waals surface area contributed by atoms with Gasteiger partial charge in [-0.2, -0.15) is 0 Å². The largest absolute Gasteiger partial charge is 0.383 e. The Hall–Kier alpha value is -2.08. The molecule has 124 valence electrons. The molecule has 2 atom stereocenters. The third-order valence-electron chi connectivity index (χ3n) is 4.70. The van der Waals surface area contributed by atoms with E-state index in [2.05, 4.69) is 5.32 Å². The highest BCUT2D eigenvalue weighted by Crippen LogP contribution is 2.32. The van der Waals surface area contributed by atoms with Crippen LogP contribution in [0.1, 0.15) is 18.4 Å². The van der Waals surface area contributed by atoms with Crippen molar-refractivity contribution in [3.8, 4) is 0 Å². The number of nitrogens with one attached hydrogen (secondary N) is 1. The molecule has 3 amide bonds. The summed E-state index contributed by atoms with van der Waals surface area (Å²) in [7, 11) is 1.63. The number of ether oxygens (including phenoxy) is 1. The normalized spacial score (nSPS) is 23.3. The van der Waals surface area contributed by atoms with Gasteiger partial charge < -0.3 is 19.9 Å². The van der Waals surface area contributed by atoms with Gasteiger partial charge in [-0.3, -0.25) is 4.79 Å². The van der Waals surface area contributed by atoms with Crippen LogP contribution in [0.25, 0.3) is 0 Å². The van der Waals surface area contributed by atoms with Crippen LogP contribution in [-0.4, -0.2) is 60.6 Å². The van der Waals surface area contributed by atoms with Crippen LogP contribution in [0.3, 0.4) is 0 Å². The predicted molar refractivity (Wildman–Crippen MR) is 85.8 cm³/mol. The standard InChI is InChI=1S/C17H23N3O3/c1-23-10-9-19-14-7-8-20(15(14)11-16(19)21)17(22)18-12-13-5-3-2-4-6-13/h2-6,14-15H,7-12H2,1H3,(H,18,22). The first kappa shape index (κ1) is 15.8. The van der Waals surface area contributed by atoms with Crippen molar-refractivity contribution in [3.63, 3.8) is 0 Å². The van der Waals surface area contributed by atoms with Crippen molar-refractivity contribution < 1.29 is 14.3 Å². The van der Waals surface area contributed by atoms with Crippen LogP contribution >= 0.6 is 0 Å². The molecule has 6 nitrogen and oxygen atoms in total. The van der Waals surface area contributed by atoms with Crippen molar-refractivity contribution in [2.45, 2.75) is 31.5 Å². The Kier molecular flexibility index (Phi) is 4.81. The fraction of sp³-hybridized carbons (Fsp3) is 0.529. The molecule has 3 rings (SSSR count). The van der Waals surface area contributed by atoms with Crippen LogP contribution in [0.4, 0.5) is 4.79 Å². The van der Waals surface area contributed by atoms with E-state index in [0.717, 1.165) is 12.0 Å². The Morgan fingerprint density at radius 1 is 1.30 bits per heavy atom. The van der Waals surface area contributed by atoms with Crippen molar-refractivity contribution in [3.05, 3.63) is 35.9 Å². The average Bonchev–Trinajstić information content (AvgIpc) is 3.10. The van der Waals surface area contributed by atoms with Gasteiger partial charge >= 0.3 is 6.03 Å². The number of methoxy groups -OCH3 is 1. The first-order valence-corrected chi connectivity index (χ1v) is 8.07. The van der Waals surface area contributed by atoms with Crippen LogP contribution in [0.5, 0.6) is 0 Å². The summed E-state index contributed by atoms with van der Waals surface area (Å²) in [5.74, 6) is 0.123. The first-order valence-electron chi connectivity index (χ1n) is 8.07. The number of rotatable bonds is 5. The van der Waals surface area contributed by atoms with Crippen LogP contribution < -0.4 is 5.32 Å². The van der Waals surface area contributed by atoms with Gasteiger partial charge in [-0.25, -0.2) is 4.79 Å². The fourth-order valence-electron chi connectivity index (χ4n) is 3.54. The highest BCUT2D eigenvalue weighted by molar-refractivity contribution is 5.83. The van der Waals surface area contributed by atoms with Crippen molar-refractivity contribution in [1.29, 1.82) is 0 Å². The van der Waals surface area contributed by atoms with E-state index in [9.17, 15) is 9.59 Å². The Morgan fingerprint density at radius 2 is 2.09 bits per heavy atom. The fourth-order valence-corrected chi connectivity index (χ4v) is 3.54. The van der Waals surface area contributed by atoms with E-state index < -0.39 is 0 Å². The molecule has 0 aromatic heterocycles. The summed E-state index contributed by atoms with van der Waals surface area (Å²) in [5, 5.41) is 2.96. The molecule has 0 radical (unpaired) electrons. The smallest absolute Gasteiger partial charge is 0.318 e. The van der Waals surface area contributed by atoms with Gasteiger partial charge in [0.05, 0.1) is 18.7 Å². The van der Waals surface area contributed by atoms with Crippen molar-refractivity contribution in [2.75, 3.05) is 26.8 Å². The number of hydrogen-bond donors (Lipinski definition) is 1. The predicted octanol–water partition coefficient (Wildman–Crippen LogP) is 1.22. The summed E-state index contributed by atoms with van der Waals surface area (Å²) < 4.78 is 5.08. The number of carbonyl (C=O) groups is 2. The Labute approximate surface area is 136 Å². The van der Waals surface area contributed by atoms with Gasteiger partial charge in [0, 0.05) is 33.2 Å². The van der Waals surface area contributed by atoms with E-state index in [4.69, 9.17) is 4.74 Å². The van der Waals surface area contributed by atoms with E-state index in [-0.39, 0.29) is 24.0 Å². The molecular weight excluding hydrogens is 294 g/mol. The van der Waals surface area contributed by atoms with Crippen molar-refractivity contribution in [2.24, 2.45) is 0 Å². The Morgan fingerprint density at radius 3 is 2.83 bits per heavy atom. The number of carbonyl (C=O) groups excluding carboxylic acids is 2. The van der Waals surface area contributed by atoms with Gasteiger partial charge in [0.1, 0.15) is 0 Å². The van der Waals surface area contributed by atoms with E-state index in [1.165, 1.54) is 0 Å². The molecule has 0 bridgehead atoms. The second kappa shape index (κ2) is 7.00. The third-order valence-corrected chi connectivity index (χ3v) is 4.70. The Bertz CT molecular complexity index is 563. The summed E-state index contributed by atoms with van der Waals surface area (Å²) >= 11 is 0. The molecule has 2 aliphatic heterocycles. The minimum atomic E-state index is -0.0808. The van der Waals surface area contributed by atoms with Gasteiger partial charge in [-0.15, -0.1) is 0 Å². The zero-order valence-electron chi connectivity index (χ0n) is 13.4. The Balaban J connectivity index is 1.57. The average molecular weight is 317 g/mol. The SMILES string of the molecule is COCCN1C(=O)CC2C1CCN2C(=O)NCc1ccccc1. The molecule has 0 aliphatic carbocycles. The quantitative estimate of drug-likeness (QED) is 0.888. The molecule has 1 N–H and O–H groups in total. The minimum absolute atomic E-state index is 0.00451. The van der Waals surface area contributed by atoms with E-state index in [1.807, 2.05) is 40.1 Å². The molecule has 2 saturated heterocycles. The maximum atomic E-state index is 12.4. The van der Waals surface area contributed by atoms with Gasteiger partial charge in [0.15, 0.2) is 0 Å². The molecule has 2 fully saturated rings. The number of urea groups is 1. The lowest BCUT2D eigenvalue weighted by Crippen LogP contribution is -2.44. The molecule has 6 heteroatoms. The number of likely N-dealkylation sites (tertiary alicyclic amines) is 2. The highest BCUT2D eigenvalue weighted by Gasteiger charge is 2.47. The lowest BCUT2D eigenvalue weighted by atomic mass is 10.1. The first-order chi connectivity index (χ1) is 11.2. The zero-order chi connectivity index (χ0) is 16.2. The molecule has 0 spiro atoms. The maximum Gasteiger partial charge on any atom is 0.318 e. The second-order valence-electron chi connectivity index (χ2n) is 6.05. The molecule has 2 aliphatic rings. The summed E-state index contributed by atoms with van der Waals surface area (Å²) in [6.45, 7) is 2.35. The highest BCUT2D eigenvalue weighted by atomic mass is 16.5. The van der Waals surface area contributed by atoms with E-state index >= 15 is 0 Å². The molecule has 0 saturated carbocycles. The van der Waals surface area contributed by atoms with Crippen LogP contribution in [0.2, 0.25) is 0 Å². The third kappa shape index (κ3) is 3.32. The summed E-state index contributed by atoms with van der Waals surface area (Å²) in [6, 6.07) is 9.89. The summed E-state index contributed by atoms with van der Waals surface area (Å²) in [4.78, 5) is 28.3. The topological polar surface area (TPSA) is 61.9 Å². The lowest BCUT2D eigenvalue weighted by molar-refractivity contribution is -0.129. The number of fused-ring (bicyclic) bond motifs is 1. The molecule has 23 heavy (non-hydrogen) atoms. The van der Waals surface area contributed by atoms with Crippen molar-refractivity contribution in [1.82, 2.24) is 15.1 Å². The van der Waals surface area contributed by atoms with Crippen LogP contribution in [0.15, 0.2) is 30.3 Å². The van der Waals surface area contributed by atoms with Gasteiger partial charge in [0.2, 0.25) is 5.91 Å². The monoisotopic (exact) mass is 317 g/mol. The number of amides is 3. The molecular formula is C17H23N3O3. The number of hydrogen-bond acceptors (Lipinski definition) is 3. The van der Waals surface area contributed by atoms with Gasteiger partial charge in [0.25, 0.3) is 0 Å². The summed E-state index contributed by atoms with van der Waals surface area (Å²) in [6.07, 6.45) is 1.27. The van der Waals surface area contributed by atoms with Gasteiger partial charge in [-0.1, -0.05) is 30.3 Å².